The second kappa shape index (κ2) is 7.45. The number of carbonyl (C=O) groups is 1. The molecule has 1 aliphatic rings. The molecule has 0 spiro atoms. The van der Waals surface area contributed by atoms with Gasteiger partial charge in [-0.1, -0.05) is 12.8 Å². The van der Waals surface area contributed by atoms with Crippen LogP contribution in [0, 0.1) is 18.5 Å². The van der Waals surface area contributed by atoms with Crippen LogP contribution in [0.4, 0.5) is 0 Å². The van der Waals surface area contributed by atoms with Gasteiger partial charge in [-0.15, -0.1) is 0 Å². The fraction of sp³-hybridized carbons (Fsp3) is 0.333. The smallest absolute Gasteiger partial charge is 0.262 e. The van der Waals surface area contributed by atoms with E-state index in [1.54, 1.807) is 6.07 Å². The first kappa shape index (κ1) is 16.5. The van der Waals surface area contributed by atoms with Crippen molar-refractivity contribution >= 4 is 57.2 Å². The molecule has 0 aliphatic heterocycles. The highest BCUT2D eigenvalue weighted by Crippen LogP contribution is 2.28. The number of halogens is 2. The lowest BCUT2D eigenvalue weighted by Crippen LogP contribution is -2.33. The lowest BCUT2D eigenvalue weighted by Gasteiger charge is -2.11. The zero-order valence-electron chi connectivity index (χ0n) is 11.2. The normalized spacial score (nSPS) is 15.8. The minimum Gasteiger partial charge on any atom is -0.506 e. The minimum atomic E-state index is -0.363. The molecule has 1 aliphatic carbocycles. The molecule has 0 unspecified atom stereocenters. The number of amides is 1. The van der Waals surface area contributed by atoms with Crippen LogP contribution in [0.25, 0.3) is 6.08 Å². The average molecular weight is 508 g/mol. The van der Waals surface area contributed by atoms with E-state index in [1.165, 1.54) is 6.08 Å². The predicted molar refractivity (Wildman–Crippen MR) is 97.5 cm³/mol. The van der Waals surface area contributed by atoms with Crippen molar-refractivity contribution in [3.05, 3.63) is 30.4 Å². The molecule has 1 fully saturated rings. The Balaban J connectivity index is 2.24. The maximum Gasteiger partial charge on any atom is 0.262 e. The molecular weight excluding hydrogens is 494 g/mol. The van der Waals surface area contributed by atoms with E-state index in [0.717, 1.165) is 29.3 Å². The first-order valence-corrected chi connectivity index (χ1v) is 8.77. The zero-order chi connectivity index (χ0) is 15.4. The molecule has 0 bridgehead atoms. The fourth-order valence-electron chi connectivity index (χ4n) is 2.33. The molecule has 1 aromatic carbocycles. The summed E-state index contributed by atoms with van der Waals surface area (Å²) in [6.45, 7) is 0. The topological polar surface area (TPSA) is 73.1 Å². The summed E-state index contributed by atoms with van der Waals surface area (Å²) in [5.41, 5.74) is 0.513. The van der Waals surface area contributed by atoms with Gasteiger partial charge in [-0.2, -0.15) is 5.26 Å². The second-order valence-corrected chi connectivity index (χ2v) is 7.36. The van der Waals surface area contributed by atoms with E-state index in [-0.39, 0.29) is 23.3 Å². The molecule has 6 heteroatoms. The third-order valence-electron chi connectivity index (χ3n) is 3.41. The number of benzene rings is 1. The van der Waals surface area contributed by atoms with Crippen LogP contribution >= 0.6 is 45.2 Å². The van der Waals surface area contributed by atoms with Gasteiger partial charge in [0, 0.05) is 15.2 Å². The van der Waals surface area contributed by atoms with E-state index >= 15 is 0 Å². The summed E-state index contributed by atoms with van der Waals surface area (Å²) < 4.78 is 1.63. The van der Waals surface area contributed by atoms with Gasteiger partial charge in [0.2, 0.25) is 0 Å². The van der Waals surface area contributed by atoms with Crippen LogP contribution in [0.5, 0.6) is 5.75 Å². The monoisotopic (exact) mass is 508 g/mol. The number of hydrogen-bond acceptors (Lipinski definition) is 3. The van der Waals surface area contributed by atoms with Crippen LogP contribution in [0.15, 0.2) is 17.7 Å². The molecule has 1 saturated carbocycles. The van der Waals surface area contributed by atoms with E-state index in [4.69, 9.17) is 0 Å². The molecule has 21 heavy (non-hydrogen) atoms. The lowest BCUT2D eigenvalue weighted by molar-refractivity contribution is -0.117. The van der Waals surface area contributed by atoms with Gasteiger partial charge in [0.25, 0.3) is 5.91 Å². The minimum absolute atomic E-state index is 0.0231. The number of nitrogens with one attached hydrogen (secondary N) is 1. The summed E-state index contributed by atoms with van der Waals surface area (Å²) in [7, 11) is 0. The van der Waals surface area contributed by atoms with Gasteiger partial charge in [0.05, 0.1) is 3.57 Å². The van der Waals surface area contributed by atoms with E-state index in [1.807, 2.05) is 34.7 Å². The summed E-state index contributed by atoms with van der Waals surface area (Å²) in [6.07, 6.45) is 5.62. The number of phenolic OH excluding ortho intramolecular Hbond substituents is 1. The maximum absolute atomic E-state index is 12.1. The van der Waals surface area contributed by atoms with E-state index in [0.29, 0.717) is 9.13 Å². The van der Waals surface area contributed by atoms with Crippen molar-refractivity contribution in [3.8, 4) is 11.8 Å². The molecule has 4 nitrogen and oxygen atoms in total. The Kier molecular flexibility index (Phi) is 5.87. The Hall–Kier alpha value is -0.820. The lowest BCUT2D eigenvalue weighted by atomic mass is 10.1. The predicted octanol–water partition coefficient (Wildman–Crippen LogP) is 3.57. The largest absolute Gasteiger partial charge is 0.506 e. The Morgan fingerprint density at radius 3 is 2.67 bits per heavy atom. The van der Waals surface area contributed by atoms with Gasteiger partial charge in [-0.3, -0.25) is 4.79 Å². The van der Waals surface area contributed by atoms with Gasteiger partial charge in [-0.25, -0.2) is 0 Å². The highest BCUT2D eigenvalue weighted by atomic mass is 127. The Labute approximate surface area is 150 Å². The summed E-state index contributed by atoms with van der Waals surface area (Å²) >= 11 is 4.16. The third kappa shape index (κ3) is 4.32. The summed E-state index contributed by atoms with van der Waals surface area (Å²) in [5, 5.41) is 22.1. The van der Waals surface area contributed by atoms with Crippen LogP contribution < -0.4 is 5.32 Å². The number of hydrogen-bond donors (Lipinski definition) is 2. The summed E-state index contributed by atoms with van der Waals surface area (Å²) in [6, 6.07) is 5.67. The molecule has 1 amide bonds. The standard InChI is InChI=1S/C15H14I2N2O2/c16-11-6-9(14(20)13(17)7-11)5-10(8-18)15(21)19-12-3-1-2-4-12/h5-7,12,20H,1-4H2,(H,19,21)/b10-5-. The van der Waals surface area contributed by atoms with Crippen molar-refractivity contribution < 1.29 is 9.90 Å². The molecular formula is C15H14I2N2O2. The van der Waals surface area contributed by atoms with Crippen molar-refractivity contribution in [1.82, 2.24) is 5.32 Å². The van der Waals surface area contributed by atoms with E-state index in [9.17, 15) is 15.2 Å². The molecule has 0 heterocycles. The highest BCUT2D eigenvalue weighted by Gasteiger charge is 2.19. The highest BCUT2D eigenvalue weighted by molar-refractivity contribution is 14.1. The fourth-order valence-corrected chi connectivity index (χ4v) is 4.22. The first-order valence-electron chi connectivity index (χ1n) is 6.62. The number of rotatable bonds is 3. The van der Waals surface area contributed by atoms with Gasteiger partial charge in [0.15, 0.2) is 0 Å². The second-order valence-electron chi connectivity index (χ2n) is 4.95. The van der Waals surface area contributed by atoms with Gasteiger partial charge in [-0.05, 0) is 76.2 Å². The van der Waals surface area contributed by atoms with Gasteiger partial charge in [0.1, 0.15) is 17.4 Å². The zero-order valence-corrected chi connectivity index (χ0v) is 15.5. The number of phenols is 1. The number of aromatic hydroxyl groups is 1. The summed E-state index contributed by atoms with van der Waals surface area (Å²) in [5.74, 6) is -0.268. The molecule has 0 saturated heterocycles. The Morgan fingerprint density at radius 2 is 2.05 bits per heavy atom. The van der Waals surface area contributed by atoms with Crippen molar-refractivity contribution in [3.63, 3.8) is 0 Å². The van der Waals surface area contributed by atoms with Crippen LogP contribution in [-0.2, 0) is 4.79 Å². The quantitative estimate of drug-likeness (QED) is 0.373. The van der Waals surface area contributed by atoms with Crippen molar-refractivity contribution in [1.29, 1.82) is 5.26 Å². The van der Waals surface area contributed by atoms with E-state index in [2.05, 4.69) is 27.9 Å². The third-order valence-corrected chi connectivity index (χ3v) is 4.86. The molecule has 2 rings (SSSR count). The van der Waals surface area contributed by atoms with Gasteiger partial charge >= 0.3 is 0 Å². The number of nitriles is 1. The van der Waals surface area contributed by atoms with Crippen molar-refractivity contribution in [2.75, 3.05) is 0 Å². The van der Waals surface area contributed by atoms with Crippen molar-refractivity contribution in [2.24, 2.45) is 0 Å². The first-order chi connectivity index (χ1) is 10.0. The molecule has 110 valence electrons. The van der Waals surface area contributed by atoms with Crippen LogP contribution in [0.2, 0.25) is 0 Å². The van der Waals surface area contributed by atoms with Crippen LogP contribution in [-0.4, -0.2) is 17.1 Å². The number of nitrogens with zero attached hydrogens (tertiary/aromatic N) is 1. The SMILES string of the molecule is N#C/C(=C/c1cc(I)cc(I)c1O)C(=O)NC1CCCC1. The summed E-state index contributed by atoms with van der Waals surface area (Å²) in [4.78, 5) is 12.1. The van der Waals surface area contributed by atoms with Crippen LogP contribution in [0.3, 0.4) is 0 Å². The Morgan fingerprint density at radius 1 is 1.38 bits per heavy atom. The van der Waals surface area contributed by atoms with Gasteiger partial charge < -0.3 is 10.4 Å². The number of carbonyl (C=O) groups excluding carboxylic acids is 1. The van der Waals surface area contributed by atoms with Crippen LogP contribution in [0.1, 0.15) is 31.2 Å². The molecule has 1 aromatic rings. The van der Waals surface area contributed by atoms with E-state index < -0.39 is 0 Å². The molecule has 0 atom stereocenters. The molecule has 0 aromatic heterocycles. The molecule has 0 radical (unpaired) electrons. The Bertz CT molecular complexity index is 629. The average Bonchev–Trinajstić information content (AvgIpc) is 2.93. The maximum atomic E-state index is 12.1. The molecule has 2 N–H and O–H groups in total. The van der Waals surface area contributed by atoms with Crippen molar-refractivity contribution in [2.45, 2.75) is 31.7 Å².